The molecular formula is C29H31Cl4N3O4S. The number of rotatable bonds is 12. The molecule has 3 rings (SSSR count). The van der Waals surface area contributed by atoms with Crippen molar-refractivity contribution in [3.63, 3.8) is 0 Å². The molecule has 0 aliphatic rings. The monoisotopic (exact) mass is 657 g/mol. The van der Waals surface area contributed by atoms with Crippen LogP contribution in [0.5, 0.6) is 0 Å². The molecule has 220 valence electrons. The van der Waals surface area contributed by atoms with Crippen molar-refractivity contribution in [1.82, 2.24) is 10.2 Å². The van der Waals surface area contributed by atoms with Gasteiger partial charge in [0.05, 0.1) is 15.6 Å². The average molecular weight is 659 g/mol. The number of hydrogen-bond acceptors (Lipinski definition) is 4. The summed E-state index contributed by atoms with van der Waals surface area (Å²) < 4.78 is 28.9. The first kappa shape index (κ1) is 33.0. The van der Waals surface area contributed by atoms with Gasteiger partial charge in [-0.15, -0.1) is 0 Å². The predicted octanol–water partition coefficient (Wildman–Crippen LogP) is 7.14. The lowest BCUT2D eigenvalue weighted by atomic mass is 10.1. The Morgan fingerprint density at radius 2 is 1.54 bits per heavy atom. The first-order chi connectivity index (χ1) is 19.4. The molecule has 0 aliphatic heterocycles. The molecule has 2 amide bonds. The number of carbonyl (C=O) groups excluding carboxylic acids is 2. The Labute approximate surface area is 261 Å². The summed E-state index contributed by atoms with van der Waals surface area (Å²) in [6.07, 6.45) is 0.953. The third-order valence-electron chi connectivity index (χ3n) is 6.39. The molecule has 3 aromatic carbocycles. The zero-order valence-electron chi connectivity index (χ0n) is 22.8. The molecule has 0 spiro atoms. The average Bonchev–Trinajstić information content (AvgIpc) is 2.93. The fraction of sp³-hybridized carbons (Fsp3) is 0.310. The minimum Gasteiger partial charge on any atom is -0.354 e. The summed E-state index contributed by atoms with van der Waals surface area (Å²) >= 11 is 25.5. The van der Waals surface area contributed by atoms with Crippen LogP contribution < -0.4 is 9.62 Å². The van der Waals surface area contributed by atoms with Crippen LogP contribution >= 0.6 is 46.4 Å². The number of nitrogens with zero attached hydrogens (tertiary/aromatic N) is 2. The SMILES string of the molecule is CCCNC(=O)C(CC)N(Cc1c(Cl)cccc1Cl)C(=O)CN(c1cc(Cl)ccc1Cl)S(=O)(=O)c1ccc(C)cc1. The van der Waals surface area contributed by atoms with E-state index in [9.17, 15) is 18.0 Å². The Bertz CT molecular complexity index is 1480. The topological polar surface area (TPSA) is 86.8 Å². The molecule has 12 heteroatoms. The maximum atomic E-state index is 14.1. The van der Waals surface area contributed by atoms with Gasteiger partial charge < -0.3 is 10.2 Å². The first-order valence-corrected chi connectivity index (χ1v) is 15.9. The Kier molecular flexibility index (Phi) is 11.8. The van der Waals surface area contributed by atoms with Crippen molar-refractivity contribution in [1.29, 1.82) is 0 Å². The Morgan fingerprint density at radius 1 is 0.902 bits per heavy atom. The second kappa shape index (κ2) is 14.6. The lowest BCUT2D eigenvalue weighted by Gasteiger charge is -2.33. The minimum atomic E-state index is -4.30. The van der Waals surface area contributed by atoms with Gasteiger partial charge in [-0.1, -0.05) is 84.0 Å². The van der Waals surface area contributed by atoms with Gasteiger partial charge >= 0.3 is 0 Å². The van der Waals surface area contributed by atoms with E-state index in [4.69, 9.17) is 46.4 Å². The number of sulfonamides is 1. The van der Waals surface area contributed by atoms with Gasteiger partial charge in [0.15, 0.2) is 0 Å². The highest BCUT2D eigenvalue weighted by Gasteiger charge is 2.35. The molecule has 0 radical (unpaired) electrons. The van der Waals surface area contributed by atoms with Gasteiger partial charge in [-0.3, -0.25) is 13.9 Å². The van der Waals surface area contributed by atoms with Crippen molar-refractivity contribution in [3.8, 4) is 0 Å². The van der Waals surface area contributed by atoms with E-state index in [1.54, 1.807) is 37.3 Å². The molecule has 41 heavy (non-hydrogen) atoms. The molecule has 1 unspecified atom stereocenters. The van der Waals surface area contributed by atoms with E-state index in [1.165, 1.54) is 35.2 Å². The van der Waals surface area contributed by atoms with Crippen LogP contribution in [0, 0.1) is 6.92 Å². The standard InChI is InChI=1S/C29H31Cl4N3O4S/c1-4-15-34-29(38)26(5-2)35(17-22-23(31)7-6-8-24(22)32)28(37)18-36(27-16-20(30)11-14-25(27)33)41(39,40)21-12-9-19(3)10-13-21/h6-14,16,26H,4-5,15,17-18H2,1-3H3,(H,34,38). The molecule has 0 bridgehead atoms. The number of hydrogen-bond donors (Lipinski definition) is 1. The Hall–Kier alpha value is -2.49. The van der Waals surface area contributed by atoms with Crippen molar-refractivity contribution >= 4 is 73.9 Å². The van der Waals surface area contributed by atoms with Crippen LogP contribution in [-0.4, -0.2) is 44.3 Å². The summed E-state index contributed by atoms with van der Waals surface area (Å²) in [6.45, 7) is 5.12. The second-order valence-corrected chi connectivity index (χ2v) is 12.9. The number of benzene rings is 3. The zero-order chi connectivity index (χ0) is 30.3. The molecular weight excluding hydrogens is 628 g/mol. The predicted molar refractivity (Wildman–Crippen MR) is 167 cm³/mol. The summed E-state index contributed by atoms with van der Waals surface area (Å²) in [5, 5.41) is 3.74. The molecule has 0 fully saturated rings. The fourth-order valence-corrected chi connectivity index (χ4v) is 6.54. The highest BCUT2D eigenvalue weighted by atomic mass is 35.5. The van der Waals surface area contributed by atoms with Crippen LogP contribution in [0.3, 0.4) is 0 Å². The van der Waals surface area contributed by atoms with E-state index in [-0.39, 0.29) is 39.5 Å². The molecule has 0 saturated carbocycles. The highest BCUT2D eigenvalue weighted by molar-refractivity contribution is 7.92. The van der Waals surface area contributed by atoms with Gasteiger partial charge in [0.1, 0.15) is 12.6 Å². The van der Waals surface area contributed by atoms with Gasteiger partial charge in [0, 0.05) is 33.7 Å². The maximum absolute atomic E-state index is 14.1. The van der Waals surface area contributed by atoms with Crippen molar-refractivity contribution in [2.24, 2.45) is 0 Å². The number of anilines is 1. The minimum absolute atomic E-state index is 0.0206. The van der Waals surface area contributed by atoms with Crippen LogP contribution in [-0.2, 0) is 26.2 Å². The van der Waals surface area contributed by atoms with E-state index in [1.807, 2.05) is 13.8 Å². The lowest BCUT2D eigenvalue weighted by Crippen LogP contribution is -2.52. The second-order valence-electron chi connectivity index (χ2n) is 9.36. The van der Waals surface area contributed by atoms with E-state index in [2.05, 4.69) is 5.32 Å². The quantitative estimate of drug-likeness (QED) is 0.224. The van der Waals surface area contributed by atoms with Crippen molar-refractivity contribution in [3.05, 3.63) is 91.9 Å². The molecule has 1 atom stereocenters. The fourth-order valence-electron chi connectivity index (χ4n) is 4.17. The van der Waals surface area contributed by atoms with Crippen molar-refractivity contribution in [2.75, 3.05) is 17.4 Å². The van der Waals surface area contributed by atoms with Crippen LogP contribution in [0.25, 0.3) is 0 Å². The third-order valence-corrected chi connectivity index (χ3v) is 9.43. The Morgan fingerprint density at radius 3 is 2.12 bits per heavy atom. The van der Waals surface area contributed by atoms with Gasteiger partial charge in [0.25, 0.3) is 10.0 Å². The number of nitrogens with one attached hydrogen (secondary N) is 1. The Balaban J connectivity index is 2.13. The molecule has 0 aliphatic carbocycles. The van der Waals surface area contributed by atoms with E-state index >= 15 is 0 Å². The summed E-state index contributed by atoms with van der Waals surface area (Å²) in [6, 6.07) is 14.6. The third kappa shape index (κ3) is 8.08. The maximum Gasteiger partial charge on any atom is 0.264 e. The van der Waals surface area contributed by atoms with E-state index in [0.717, 1.165) is 9.87 Å². The summed E-state index contributed by atoms with van der Waals surface area (Å²) in [5.74, 6) is -1.04. The number of amides is 2. The van der Waals surface area contributed by atoms with Crippen molar-refractivity contribution in [2.45, 2.75) is 51.1 Å². The van der Waals surface area contributed by atoms with Crippen LogP contribution in [0.1, 0.15) is 37.8 Å². The van der Waals surface area contributed by atoms with Gasteiger partial charge in [-0.2, -0.15) is 0 Å². The van der Waals surface area contributed by atoms with Crippen LogP contribution in [0.2, 0.25) is 20.1 Å². The summed E-state index contributed by atoms with van der Waals surface area (Å²) in [4.78, 5) is 28.6. The molecule has 1 N–H and O–H groups in total. The van der Waals surface area contributed by atoms with E-state index < -0.39 is 28.5 Å². The van der Waals surface area contributed by atoms with Gasteiger partial charge in [-0.25, -0.2) is 8.42 Å². The normalized spacial score (nSPS) is 12.1. The van der Waals surface area contributed by atoms with Crippen LogP contribution in [0.15, 0.2) is 65.6 Å². The summed E-state index contributed by atoms with van der Waals surface area (Å²) in [5.41, 5.74) is 1.31. The smallest absolute Gasteiger partial charge is 0.264 e. The molecule has 0 aromatic heterocycles. The molecule has 3 aromatic rings. The zero-order valence-corrected chi connectivity index (χ0v) is 26.7. The lowest BCUT2D eigenvalue weighted by molar-refractivity contribution is -0.140. The van der Waals surface area contributed by atoms with E-state index in [0.29, 0.717) is 28.6 Å². The largest absolute Gasteiger partial charge is 0.354 e. The molecule has 0 saturated heterocycles. The van der Waals surface area contributed by atoms with Gasteiger partial charge in [-0.05, 0) is 62.2 Å². The van der Waals surface area contributed by atoms with Crippen molar-refractivity contribution < 1.29 is 18.0 Å². The highest BCUT2D eigenvalue weighted by Crippen LogP contribution is 2.34. The molecule has 7 nitrogen and oxygen atoms in total. The number of aryl methyl sites for hydroxylation is 1. The number of halogens is 4. The summed E-state index contributed by atoms with van der Waals surface area (Å²) in [7, 11) is -4.30. The number of carbonyl (C=O) groups is 2. The first-order valence-electron chi connectivity index (χ1n) is 12.9. The molecule has 0 heterocycles. The van der Waals surface area contributed by atoms with Gasteiger partial charge in [0.2, 0.25) is 11.8 Å². The van der Waals surface area contributed by atoms with Crippen LogP contribution in [0.4, 0.5) is 5.69 Å².